The summed E-state index contributed by atoms with van der Waals surface area (Å²) in [5.74, 6) is 1.91. The smallest absolute Gasteiger partial charge is 0.224 e. The van der Waals surface area contributed by atoms with Gasteiger partial charge < -0.3 is 15.0 Å². The summed E-state index contributed by atoms with van der Waals surface area (Å²) >= 11 is 1.62. The number of para-hydroxylation sites is 1. The van der Waals surface area contributed by atoms with E-state index in [9.17, 15) is 9.59 Å². The minimum Gasteiger partial charge on any atom is -0.494 e. The summed E-state index contributed by atoms with van der Waals surface area (Å²) in [5, 5.41) is 7.28. The number of likely N-dealkylation sites (tertiary alicyclic amines) is 1. The molecular weight excluding hydrogens is 384 g/mol. The van der Waals surface area contributed by atoms with Crippen molar-refractivity contribution >= 4 is 23.2 Å². The number of rotatable bonds is 8. The Hall–Kier alpha value is -2.34. The highest BCUT2D eigenvalue weighted by molar-refractivity contribution is 7.08. The van der Waals surface area contributed by atoms with Gasteiger partial charge in [0.15, 0.2) is 0 Å². The van der Waals surface area contributed by atoms with Crippen LogP contribution < -0.4 is 10.1 Å². The second kappa shape index (κ2) is 9.44. The molecule has 1 aromatic heterocycles. The molecule has 2 aromatic rings. The molecule has 2 fully saturated rings. The Kier molecular flexibility index (Phi) is 6.49. The van der Waals surface area contributed by atoms with E-state index in [2.05, 4.69) is 5.32 Å². The van der Waals surface area contributed by atoms with Crippen molar-refractivity contribution < 1.29 is 14.3 Å². The largest absolute Gasteiger partial charge is 0.494 e. The Morgan fingerprint density at radius 2 is 1.86 bits per heavy atom. The van der Waals surface area contributed by atoms with Gasteiger partial charge in [0, 0.05) is 25.6 Å². The van der Waals surface area contributed by atoms with E-state index in [4.69, 9.17) is 4.74 Å². The van der Waals surface area contributed by atoms with E-state index in [0.717, 1.165) is 43.7 Å². The van der Waals surface area contributed by atoms with Crippen molar-refractivity contribution in [3.05, 3.63) is 52.7 Å². The van der Waals surface area contributed by atoms with Gasteiger partial charge in [0.2, 0.25) is 11.8 Å². The predicted octanol–water partition coefficient (Wildman–Crippen LogP) is 3.50. The number of hydrogen-bond acceptors (Lipinski definition) is 4. The van der Waals surface area contributed by atoms with Crippen LogP contribution in [0.25, 0.3) is 0 Å². The zero-order chi connectivity index (χ0) is 20.1. The van der Waals surface area contributed by atoms with E-state index in [-0.39, 0.29) is 17.9 Å². The third kappa shape index (κ3) is 5.18. The quantitative estimate of drug-likeness (QED) is 0.675. The first-order chi connectivity index (χ1) is 14.2. The lowest BCUT2D eigenvalue weighted by molar-refractivity contribution is -0.134. The van der Waals surface area contributed by atoms with Crippen LogP contribution in [-0.2, 0) is 16.0 Å². The highest BCUT2D eigenvalue weighted by Crippen LogP contribution is 2.37. The van der Waals surface area contributed by atoms with Crippen LogP contribution in [0.15, 0.2) is 47.2 Å². The average Bonchev–Trinajstić information content (AvgIpc) is 3.30. The molecule has 154 valence electrons. The number of piperidine rings is 1. The monoisotopic (exact) mass is 412 g/mol. The van der Waals surface area contributed by atoms with E-state index in [0.29, 0.717) is 31.3 Å². The number of carbonyl (C=O) groups excluding carboxylic acids is 2. The van der Waals surface area contributed by atoms with Gasteiger partial charge in [-0.1, -0.05) is 18.2 Å². The first kappa shape index (κ1) is 20.0. The van der Waals surface area contributed by atoms with Crippen LogP contribution >= 0.6 is 11.3 Å². The summed E-state index contributed by atoms with van der Waals surface area (Å²) in [6.07, 6.45) is 3.87. The Morgan fingerprint density at radius 1 is 1.10 bits per heavy atom. The van der Waals surface area contributed by atoms with Gasteiger partial charge >= 0.3 is 0 Å². The summed E-state index contributed by atoms with van der Waals surface area (Å²) in [6, 6.07) is 11.9. The molecule has 0 spiro atoms. The number of ether oxygens (including phenoxy) is 1. The van der Waals surface area contributed by atoms with Crippen LogP contribution in [0, 0.1) is 11.8 Å². The van der Waals surface area contributed by atoms with Gasteiger partial charge in [0.1, 0.15) is 5.75 Å². The zero-order valence-corrected chi connectivity index (χ0v) is 17.4. The molecule has 1 aliphatic carbocycles. The van der Waals surface area contributed by atoms with Gasteiger partial charge in [-0.2, -0.15) is 11.3 Å². The molecule has 1 aromatic carbocycles. The Bertz CT molecular complexity index is 795. The third-order valence-electron chi connectivity index (χ3n) is 6.01. The second-order valence-corrected chi connectivity index (χ2v) is 8.84. The van der Waals surface area contributed by atoms with E-state index >= 15 is 0 Å². The molecule has 0 radical (unpaired) electrons. The molecule has 29 heavy (non-hydrogen) atoms. The summed E-state index contributed by atoms with van der Waals surface area (Å²) in [7, 11) is 0. The minimum atomic E-state index is 0.100. The standard InChI is InChI=1S/C23H28N2O3S/c26-21(13-17-10-12-29-16-17)24-23-18-8-9-19(23)15-25(14-18)22(27)7-4-11-28-20-5-2-1-3-6-20/h1-3,5-6,10,12,16,18-19,23H,4,7-9,11,13-15H2,(H,24,26)/t18-,19+,23?. The van der Waals surface area contributed by atoms with Crippen LogP contribution in [0.1, 0.15) is 31.2 Å². The number of nitrogens with zero attached hydrogens (tertiary/aromatic N) is 1. The minimum absolute atomic E-state index is 0.100. The van der Waals surface area contributed by atoms with Gasteiger partial charge in [-0.15, -0.1) is 0 Å². The lowest BCUT2D eigenvalue weighted by Crippen LogP contribution is -2.54. The first-order valence-corrected chi connectivity index (χ1v) is 11.4. The van der Waals surface area contributed by atoms with Crippen LogP contribution in [0.5, 0.6) is 5.75 Å². The molecule has 1 saturated heterocycles. The number of amides is 2. The number of carbonyl (C=O) groups is 2. The summed E-state index contributed by atoms with van der Waals surface area (Å²) < 4.78 is 5.68. The van der Waals surface area contributed by atoms with Crippen molar-refractivity contribution in [2.24, 2.45) is 11.8 Å². The van der Waals surface area contributed by atoms with Crippen molar-refractivity contribution in [2.75, 3.05) is 19.7 Å². The lowest BCUT2D eigenvalue weighted by atomic mass is 9.91. The highest BCUT2D eigenvalue weighted by atomic mass is 32.1. The summed E-state index contributed by atoms with van der Waals surface area (Å²) in [6.45, 7) is 2.08. The third-order valence-corrected chi connectivity index (χ3v) is 6.74. The molecule has 4 rings (SSSR count). The average molecular weight is 413 g/mol. The van der Waals surface area contributed by atoms with Crippen LogP contribution in [0.4, 0.5) is 0 Å². The van der Waals surface area contributed by atoms with Crippen molar-refractivity contribution in [1.82, 2.24) is 10.2 Å². The molecule has 1 aliphatic heterocycles. The lowest BCUT2D eigenvalue weighted by Gasteiger charge is -2.38. The van der Waals surface area contributed by atoms with Crippen LogP contribution in [-0.4, -0.2) is 42.5 Å². The van der Waals surface area contributed by atoms with Crippen molar-refractivity contribution in [2.45, 2.75) is 38.1 Å². The normalized spacial score (nSPS) is 23.0. The van der Waals surface area contributed by atoms with E-state index in [1.165, 1.54) is 0 Å². The molecule has 1 N–H and O–H groups in total. The van der Waals surface area contributed by atoms with Crippen molar-refractivity contribution in [3.63, 3.8) is 0 Å². The summed E-state index contributed by atoms with van der Waals surface area (Å²) in [5.41, 5.74) is 1.07. The molecule has 2 amide bonds. The number of benzene rings is 1. The fraction of sp³-hybridized carbons (Fsp3) is 0.478. The molecule has 1 saturated carbocycles. The molecule has 3 atom stereocenters. The molecule has 2 aliphatic rings. The summed E-state index contributed by atoms with van der Waals surface area (Å²) in [4.78, 5) is 27.1. The number of nitrogens with one attached hydrogen (secondary N) is 1. The van der Waals surface area contributed by atoms with E-state index in [1.54, 1.807) is 11.3 Å². The maximum atomic E-state index is 12.7. The molecule has 2 bridgehead atoms. The van der Waals surface area contributed by atoms with Crippen LogP contribution in [0.3, 0.4) is 0 Å². The van der Waals surface area contributed by atoms with Crippen molar-refractivity contribution in [1.29, 1.82) is 0 Å². The highest BCUT2D eigenvalue weighted by Gasteiger charge is 2.43. The Labute approximate surface area is 176 Å². The van der Waals surface area contributed by atoms with Gasteiger partial charge in [-0.25, -0.2) is 0 Å². The fourth-order valence-corrected chi connectivity index (χ4v) is 5.23. The molecule has 1 unspecified atom stereocenters. The Morgan fingerprint density at radius 3 is 2.55 bits per heavy atom. The SMILES string of the molecule is O=C(Cc1ccsc1)NC1[C@@H]2CC[C@H]1CN(C(=O)CCCOc1ccccc1)C2. The fourth-order valence-electron chi connectivity index (χ4n) is 4.57. The van der Waals surface area contributed by atoms with Crippen molar-refractivity contribution in [3.8, 4) is 5.75 Å². The number of hydrogen-bond donors (Lipinski definition) is 1. The second-order valence-electron chi connectivity index (χ2n) is 8.06. The number of thiophene rings is 1. The molecule has 6 heteroatoms. The van der Waals surface area contributed by atoms with Crippen LogP contribution in [0.2, 0.25) is 0 Å². The number of fused-ring (bicyclic) bond motifs is 2. The zero-order valence-electron chi connectivity index (χ0n) is 16.6. The van der Waals surface area contributed by atoms with Gasteiger partial charge in [-0.3, -0.25) is 9.59 Å². The van der Waals surface area contributed by atoms with E-state index in [1.807, 2.05) is 52.1 Å². The Balaban J connectivity index is 1.21. The molecule has 2 heterocycles. The first-order valence-electron chi connectivity index (χ1n) is 10.4. The predicted molar refractivity (Wildman–Crippen MR) is 114 cm³/mol. The van der Waals surface area contributed by atoms with Gasteiger partial charge in [0.25, 0.3) is 0 Å². The van der Waals surface area contributed by atoms with Gasteiger partial charge in [-0.05, 0) is 65.6 Å². The molecule has 5 nitrogen and oxygen atoms in total. The maximum absolute atomic E-state index is 12.7. The molecular formula is C23H28N2O3S. The van der Waals surface area contributed by atoms with Gasteiger partial charge in [0.05, 0.1) is 13.0 Å². The topological polar surface area (TPSA) is 58.6 Å². The maximum Gasteiger partial charge on any atom is 0.224 e. The van der Waals surface area contributed by atoms with E-state index < -0.39 is 0 Å².